The van der Waals surface area contributed by atoms with Crippen molar-refractivity contribution in [2.75, 3.05) is 18.2 Å². The monoisotopic (exact) mass is 245 g/mol. The van der Waals surface area contributed by atoms with Crippen LogP contribution in [-0.2, 0) is 14.3 Å². The molecule has 5 nitrogen and oxygen atoms in total. The minimum Gasteiger partial charge on any atom is -0.480 e. The van der Waals surface area contributed by atoms with Crippen molar-refractivity contribution in [1.82, 2.24) is 4.90 Å². The molecule has 6 heteroatoms. The molecule has 90 valence electrons. The van der Waals surface area contributed by atoms with Crippen molar-refractivity contribution in [3.05, 3.63) is 0 Å². The number of carbonyl (C=O) groups is 2. The van der Waals surface area contributed by atoms with Gasteiger partial charge in [-0.2, -0.15) is 0 Å². The fourth-order valence-electron chi connectivity index (χ4n) is 1.98. The van der Waals surface area contributed by atoms with E-state index in [4.69, 9.17) is 9.84 Å². The van der Waals surface area contributed by atoms with Gasteiger partial charge in [0.05, 0.1) is 5.88 Å². The van der Waals surface area contributed by atoms with Crippen LogP contribution in [0.1, 0.15) is 19.3 Å². The predicted octanol–water partition coefficient (Wildman–Crippen LogP) is 0.542. The maximum Gasteiger partial charge on any atom is 0.327 e. The summed E-state index contributed by atoms with van der Waals surface area (Å²) in [5, 5.41) is 8.98. The Bertz CT molecular complexity index is 291. The standard InChI is InChI=1S/C10H15NO4S/c12-9(8-3-1-2-4-15-8)11-6-16-5-7(11)10(13)14/h7-8H,1-6H2,(H,13,14)/t7-,8?/m0/s1. The Kier molecular flexibility index (Phi) is 3.70. The third kappa shape index (κ3) is 2.32. The molecule has 0 aromatic rings. The molecule has 0 aromatic carbocycles. The maximum atomic E-state index is 12.0. The molecule has 2 aliphatic heterocycles. The van der Waals surface area contributed by atoms with Crippen LogP contribution < -0.4 is 0 Å². The number of rotatable bonds is 2. The van der Waals surface area contributed by atoms with Crippen molar-refractivity contribution >= 4 is 23.6 Å². The number of aliphatic carboxylic acids is 1. The number of ether oxygens (including phenoxy) is 1. The molecule has 0 spiro atoms. The van der Waals surface area contributed by atoms with Gasteiger partial charge in [0.2, 0.25) is 0 Å². The molecule has 0 bridgehead atoms. The van der Waals surface area contributed by atoms with E-state index in [-0.39, 0.29) is 5.91 Å². The predicted molar refractivity (Wildman–Crippen MR) is 59.2 cm³/mol. The Balaban J connectivity index is 1.99. The van der Waals surface area contributed by atoms with Crippen molar-refractivity contribution in [1.29, 1.82) is 0 Å². The van der Waals surface area contributed by atoms with Gasteiger partial charge in [-0.15, -0.1) is 11.8 Å². The third-order valence-electron chi connectivity index (χ3n) is 2.91. The topological polar surface area (TPSA) is 66.8 Å². The zero-order chi connectivity index (χ0) is 11.5. The lowest BCUT2D eigenvalue weighted by atomic mass is 10.1. The molecule has 2 rings (SSSR count). The maximum absolute atomic E-state index is 12.0. The van der Waals surface area contributed by atoms with Gasteiger partial charge in [-0.05, 0) is 19.3 Å². The van der Waals surface area contributed by atoms with Gasteiger partial charge >= 0.3 is 5.97 Å². The van der Waals surface area contributed by atoms with Crippen LogP contribution in [0.5, 0.6) is 0 Å². The molecule has 16 heavy (non-hydrogen) atoms. The molecular formula is C10H15NO4S. The minimum absolute atomic E-state index is 0.155. The number of thioether (sulfide) groups is 1. The molecular weight excluding hydrogens is 230 g/mol. The highest BCUT2D eigenvalue weighted by atomic mass is 32.2. The first kappa shape index (κ1) is 11.7. The van der Waals surface area contributed by atoms with E-state index in [1.54, 1.807) is 0 Å². The summed E-state index contributed by atoms with van der Waals surface area (Å²) in [5.74, 6) is -0.130. The highest BCUT2D eigenvalue weighted by molar-refractivity contribution is 7.99. The first-order chi connectivity index (χ1) is 7.70. The highest BCUT2D eigenvalue weighted by Crippen LogP contribution is 2.24. The Hall–Kier alpha value is -0.750. The highest BCUT2D eigenvalue weighted by Gasteiger charge is 2.38. The normalized spacial score (nSPS) is 30.4. The molecule has 2 saturated heterocycles. The van der Waals surface area contributed by atoms with E-state index < -0.39 is 18.1 Å². The second-order valence-corrected chi connectivity index (χ2v) is 5.02. The number of carbonyl (C=O) groups excluding carboxylic acids is 1. The molecule has 2 atom stereocenters. The average molecular weight is 245 g/mol. The first-order valence-electron chi connectivity index (χ1n) is 5.43. The largest absolute Gasteiger partial charge is 0.480 e. The minimum atomic E-state index is -0.922. The molecule has 0 saturated carbocycles. The summed E-state index contributed by atoms with van der Waals surface area (Å²) in [6.45, 7) is 0.606. The van der Waals surface area contributed by atoms with E-state index in [2.05, 4.69) is 0 Å². The summed E-state index contributed by atoms with van der Waals surface area (Å²) in [7, 11) is 0. The van der Waals surface area contributed by atoms with Gasteiger partial charge in [-0.25, -0.2) is 4.79 Å². The van der Waals surface area contributed by atoms with Crippen LogP contribution in [0.3, 0.4) is 0 Å². The first-order valence-corrected chi connectivity index (χ1v) is 6.58. The molecule has 0 aromatic heterocycles. The zero-order valence-corrected chi connectivity index (χ0v) is 9.74. The van der Waals surface area contributed by atoms with E-state index in [0.29, 0.717) is 24.7 Å². The van der Waals surface area contributed by atoms with Gasteiger partial charge in [0, 0.05) is 12.4 Å². The quantitative estimate of drug-likeness (QED) is 0.769. The Morgan fingerprint density at radius 3 is 2.81 bits per heavy atom. The summed E-state index contributed by atoms with van der Waals surface area (Å²) in [4.78, 5) is 24.4. The number of nitrogens with zero attached hydrogens (tertiary/aromatic N) is 1. The van der Waals surface area contributed by atoms with E-state index in [1.165, 1.54) is 16.7 Å². The fraction of sp³-hybridized carbons (Fsp3) is 0.800. The lowest BCUT2D eigenvalue weighted by Gasteiger charge is -2.28. The van der Waals surface area contributed by atoms with E-state index in [9.17, 15) is 9.59 Å². The lowest BCUT2D eigenvalue weighted by Crippen LogP contribution is -2.47. The van der Waals surface area contributed by atoms with E-state index in [0.717, 1.165) is 12.8 Å². The van der Waals surface area contributed by atoms with E-state index in [1.807, 2.05) is 0 Å². The van der Waals surface area contributed by atoms with E-state index >= 15 is 0 Å². The van der Waals surface area contributed by atoms with Gasteiger partial charge in [0.15, 0.2) is 0 Å². The lowest BCUT2D eigenvalue weighted by molar-refractivity contribution is -0.155. The van der Waals surface area contributed by atoms with Gasteiger partial charge in [-0.3, -0.25) is 4.79 Å². The summed E-state index contributed by atoms with van der Waals surface area (Å²) >= 11 is 1.48. The fourth-order valence-corrected chi connectivity index (χ4v) is 3.14. The molecule has 1 amide bonds. The van der Waals surface area contributed by atoms with Crippen molar-refractivity contribution in [2.24, 2.45) is 0 Å². The smallest absolute Gasteiger partial charge is 0.327 e. The van der Waals surface area contributed by atoms with Gasteiger partial charge < -0.3 is 14.7 Å². The molecule has 0 aliphatic carbocycles. The Morgan fingerprint density at radius 1 is 1.38 bits per heavy atom. The average Bonchev–Trinajstić information content (AvgIpc) is 2.78. The molecule has 2 heterocycles. The number of carboxylic acid groups (broad SMARTS) is 1. The van der Waals surface area contributed by atoms with Crippen molar-refractivity contribution in [3.8, 4) is 0 Å². The molecule has 0 radical (unpaired) electrons. The second-order valence-electron chi connectivity index (χ2n) is 4.02. The SMILES string of the molecule is O=C(O)[C@@H]1CSCN1C(=O)C1CCCCO1. The van der Waals surface area contributed by atoms with Crippen molar-refractivity contribution < 1.29 is 19.4 Å². The summed E-state index contributed by atoms with van der Waals surface area (Å²) in [5.41, 5.74) is 0. The summed E-state index contributed by atoms with van der Waals surface area (Å²) in [6, 6.07) is -0.678. The van der Waals surface area contributed by atoms with Gasteiger partial charge in [0.1, 0.15) is 12.1 Å². The molecule has 2 fully saturated rings. The van der Waals surface area contributed by atoms with Gasteiger partial charge in [0.25, 0.3) is 5.91 Å². The van der Waals surface area contributed by atoms with Crippen LogP contribution in [0.2, 0.25) is 0 Å². The van der Waals surface area contributed by atoms with Crippen molar-refractivity contribution in [2.45, 2.75) is 31.4 Å². The Morgan fingerprint density at radius 2 is 2.19 bits per heavy atom. The third-order valence-corrected chi connectivity index (χ3v) is 3.92. The number of amides is 1. The van der Waals surface area contributed by atoms with Crippen LogP contribution in [0.25, 0.3) is 0 Å². The summed E-state index contributed by atoms with van der Waals surface area (Å²) in [6.07, 6.45) is 2.26. The van der Waals surface area contributed by atoms with Crippen molar-refractivity contribution in [3.63, 3.8) is 0 Å². The Labute approximate surface area is 98.1 Å². The number of hydrogen-bond acceptors (Lipinski definition) is 4. The second kappa shape index (κ2) is 5.05. The zero-order valence-electron chi connectivity index (χ0n) is 8.92. The van der Waals surface area contributed by atoms with Crippen LogP contribution >= 0.6 is 11.8 Å². The molecule has 1 unspecified atom stereocenters. The molecule has 1 N–H and O–H groups in total. The van der Waals surface area contributed by atoms with Crippen LogP contribution in [0.4, 0.5) is 0 Å². The number of hydrogen-bond donors (Lipinski definition) is 1. The van der Waals surface area contributed by atoms with Crippen LogP contribution in [0.15, 0.2) is 0 Å². The van der Waals surface area contributed by atoms with Crippen LogP contribution in [0, 0.1) is 0 Å². The van der Waals surface area contributed by atoms with Gasteiger partial charge in [-0.1, -0.05) is 0 Å². The van der Waals surface area contributed by atoms with Crippen LogP contribution in [-0.4, -0.2) is 52.3 Å². The molecule has 2 aliphatic rings. The summed E-state index contributed by atoms with van der Waals surface area (Å²) < 4.78 is 5.39. The number of carboxylic acids is 1.